The fourth-order valence-corrected chi connectivity index (χ4v) is 2.15. The number of aliphatic hydroxyl groups excluding tert-OH is 1. The highest BCUT2D eigenvalue weighted by Gasteiger charge is 2.17. The van der Waals surface area contributed by atoms with Gasteiger partial charge in [0.15, 0.2) is 0 Å². The van der Waals surface area contributed by atoms with Crippen molar-refractivity contribution in [2.75, 3.05) is 0 Å². The Bertz CT molecular complexity index is 587. The van der Waals surface area contributed by atoms with Crippen molar-refractivity contribution in [1.29, 1.82) is 0 Å². The summed E-state index contributed by atoms with van der Waals surface area (Å²) in [7, 11) is 0. The zero-order chi connectivity index (χ0) is 14.0. The third-order valence-corrected chi connectivity index (χ3v) is 3.22. The number of alkyl halides is 2. The van der Waals surface area contributed by atoms with E-state index < -0.39 is 18.3 Å². The molecule has 0 aliphatic rings. The van der Waals surface area contributed by atoms with E-state index in [1.165, 1.54) is 42.5 Å². The topological polar surface area (TPSA) is 20.2 Å². The Morgan fingerprint density at radius 1 is 1.00 bits per heavy atom. The summed E-state index contributed by atoms with van der Waals surface area (Å²) in [6.07, 6.45) is -3.91. The lowest BCUT2D eigenvalue weighted by Gasteiger charge is -2.14. The van der Waals surface area contributed by atoms with E-state index in [-0.39, 0.29) is 16.7 Å². The zero-order valence-electron chi connectivity index (χ0n) is 9.66. The third kappa shape index (κ3) is 3.16. The second-order valence-electron chi connectivity index (χ2n) is 4.04. The Morgan fingerprint density at radius 2 is 1.68 bits per heavy atom. The summed E-state index contributed by atoms with van der Waals surface area (Å²) < 4.78 is 39.4. The van der Waals surface area contributed by atoms with Gasteiger partial charge in [0.25, 0.3) is 6.43 Å². The molecule has 19 heavy (non-hydrogen) atoms. The van der Waals surface area contributed by atoms with E-state index in [4.69, 9.17) is 0 Å². The molecule has 0 saturated heterocycles. The lowest BCUT2D eigenvalue weighted by molar-refractivity contribution is 0.150. The average molecular weight is 331 g/mol. The molecule has 0 aliphatic carbocycles. The van der Waals surface area contributed by atoms with Crippen LogP contribution in [-0.4, -0.2) is 5.11 Å². The average Bonchev–Trinajstić information content (AvgIpc) is 2.41. The van der Waals surface area contributed by atoms with Gasteiger partial charge in [0.2, 0.25) is 0 Å². The Kier molecular flexibility index (Phi) is 4.27. The molecule has 0 fully saturated rings. The van der Waals surface area contributed by atoms with Crippen LogP contribution in [0.3, 0.4) is 0 Å². The maximum Gasteiger partial charge on any atom is 0.263 e. The summed E-state index contributed by atoms with van der Waals surface area (Å²) in [5.41, 5.74) is 0.0718. The molecule has 1 unspecified atom stereocenters. The Labute approximate surface area is 116 Å². The zero-order valence-corrected chi connectivity index (χ0v) is 11.2. The monoisotopic (exact) mass is 330 g/mol. The molecular formula is C14H10BrF3O. The Morgan fingerprint density at radius 3 is 2.37 bits per heavy atom. The van der Waals surface area contributed by atoms with E-state index in [1.54, 1.807) is 0 Å². The molecule has 0 saturated carbocycles. The van der Waals surface area contributed by atoms with Crippen LogP contribution in [0.2, 0.25) is 0 Å². The molecule has 2 aromatic carbocycles. The number of halogens is 4. The summed E-state index contributed by atoms with van der Waals surface area (Å²) in [5.74, 6) is -0.585. The van der Waals surface area contributed by atoms with Crippen molar-refractivity contribution in [3.8, 4) is 0 Å². The van der Waals surface area contributed by atoms with Crippen LogP contribution in [0.25, 0.3) is 0 Å². The maximum atomic E-state index is 13.6. The molecule has 0 aromatic heterocycles. The standard InChI is InChI=1S/C14H10BrF3O/c15-10-4-5-12(16)11(7-10)13(19)8-2-1-3-9(6-8)14(17)18/h1-7,13-14,19H. The van der Waals surface area contributed by atoms with Gasteiger partial charge >= 0.3 is 0 Å². The molecule has 5 heteroatoms. The first-order chi connectivity index (χ1) is 8.99. The van der Waals surface area contributed by atoms with Crippen molar-refractivity contribution >= 4 is 15.9 Å². The predicted octanol–water partition coefficient (Wildman–Crippen LogP) is 4.61. The van der Waals surface area contributed by atoms with Gasteiger partial charge in [0.1, 0.15) is 11.9 Å². The number of aliphatic hydroxyl groups is 1. The van der Waals surface area contributed by atoms with Crippen LogP contribution in [0.4, 0.5) is 13.2 Å². The van der Waals surface area contributed by atoms with E-state index in [0.717, 1.165) is 0 Å². The van der Waals surface area contributed by atoms with E-state index >= 15 is 0 Å². The first-order valence-corrected chi connectivity index (χ1v) is 6.29. The van der Waals surface area contributed by atoms with Crippen molar-refractivity contribution in [1.82, 2.24) is 0 Å². The third-order valence-electron chi connectivity index (χ3n) is 2.73. The van der Waals surface area contributed by atoms with Gasteiger partial charge in [-0.3, -0.25) is 0 Å². The van der Waals surface area contributed by atoms with Gasteiger partial charge in [-0.2, -0.15) is 0 Å². The van der Waals surface area contributed by atoms with Crippen LogP contribution in [0, 0.1) is 5.82 Å². The molecule has 0 heterocycles. The molecule has 0 amide bonds. The van der Waals surface area contributed by atoms with Crippen molar-refractivity contribution < 1.29 is 18.3 Å². The van der Waals surface area contributed by atoms with E-state index in [9.17, 15) is 18.3 Å². The van der Waals surface area contributed by atoms with Crippen molar-refractivity contribution in [3.63, 3.8) is 0 Å². The molecule has 100 valence electrons. The van der Waals surface area contributed by atoms with Crippen LogP contribution >= 0.6 is 15.9 Å². The first-order valence-electron chi connectivity index (χ1n) is 5.50. The lowest BCUT2D eigenvalue weighted by atomic mass is 9.99. The second kappa shape index (κ2) is 5.75. The summed E-state index contributed by atoms with van der Waals surface area (Å²) in [6, 6.07) is 9.47. The molecule has 0 aliphatic heterocycles. The highest BCUT2D eigenvalue weighted by molar-refractivity contribution is 9.10. The molecule has 1 atom stereocenters. The van der Waals surface area contributed by atoms with Crippen molar-refractivity contribution in [2.45, 2.75) is 12.5 Å². The summed E-state index contributed by atoms with van der Waals surface area (Å²) in [4.78, 5) is 0. The van der Waals surface area contributed by atoms with Crippen molar-refractivity contribution in [3.05, 3.63) is 69.4 Å². The Balaban J connectivity index is 2.41. The molecule has 0 spiro atoms. The minimum absolute atomic E-state index is 0.0424. The maximum absolute atomic E-state index is 13.6. The molecule has 1 N–H and O–H groups in total. The van der Waals surface area contributed by atoms with Crippen LogP contribution in [-0.2, 0) is 0 Å². The van der Waals surface area contributed by atoms with Gasteiger partial charge in [-0.05, 0) is 29.8 Å². The van der Waals surface area contributed by atoms with Gasteiger partial charge in [-0.15, -0.1) is 0 Å². The quantitative estimate of drug-likeness (QED) is 0.871. The van der Waals surface area contributed by atoms with Crippen LogP contribution in [0.5, 0.6) is 0 Å². The highest BCUT2D eigenvalue weighted by atomic mass is 79.9. The van der Waals surface area contributed by atoms with Crippen molar-refractivity contribution in [2.24, 2.45) is 0 Å². The summed E-state index contributed by atoms with van der Waals surface area (Å²) >= 11 is 3.18. The lowest BCUT2D eigenvalue weighted by Crippen LogP contribution is -2.03. The number of hydrogen-bond donors (Lipinski definition) is 1. The molecule has 2 aromatic rings. The summed E-state index contributed by atoms with van der Waals surface area (Å²) in [6.45, 7) is 0. The number of benzene rings is 2. The minimum Gasteiger partial charge on any atom is -0.384 e. The highest BCUT2D eigenvalue weighted by Crippen LogP contribution is 2.29. The molecule has 0 bridgehead atoms. The second-order valence-corrected chi connectivity index (χ2v) is 4.95. The first kappa shape index (κ1) is 14.1. The Hall–Kier alpha value is -1.33. The smallest absolute Gasteiger partial charge is 0.263 e. The fourth-order valence-electron chi connectivity index (χ4n) is 1.77. The van der Waals surface area contributed by atoms with E-state index in [1.807, 2.05) is 0 Å². The van der Waals surface area contributed by atoms with Crippen LogP contribution in [0.1, 0.15) is 29.2 Å². The van der Waals surface area contributed by atoms with Gasteiger partial charge in [0, 0.05) is 15.6 Å². The van der Waals surface area contributed by atoms with E-state index in [0.29, 0.717) is 4.47 Å². The number of rotatable bonds is 3. The van der Waals surface area contributed by atoms with Gasteiger partial charge in [-0.1, -0.05) is 34.1 Å². The van der Waals surface area contributed by atoms with E-state index in [2.05, 4.69) is 15.9 Å². The molecule has 2 rings (SSSR count). The predicted molar refractivity (Wildman–Crippen MR) is 69.6 cm³/mol. The van der Waals surface area contributed by atoms with Gasteiger partial charge in [-0.25, -0.2) is 13.2 Å². The molecule has 1 nitrogen and oxygen atoms in total. The minimum atomic E-state index is -2.63. The molecular weight excluding hydrogens is 321 g/mol. The summed E-state index contributed by atoms with van der Waals surface area (Å²) in [5, 5.41) is 10.1. The SMILES string of the molecule is OC(c1cccc(C(F)F)c1)c1cc(Br)ccc1F. The fraction of sp³-hybridized carbons (Fsp3) is 0.143. The molecule has 0 radical (unpaired) electrons. The van der Waals surface area contributed by atoms with Crippen LogP contribution in [0.15, 0.2) is 46.9 Å². The van der Waals surface area contributed by atoms with Gasteiger partial charge in [0.05, 0.1) is 0 Å². The largest absolute Gasteiger partial charge is 0.384 e. The normalized spacial score (nSPS) is 12.7. The number of hydrogen-bond acceptors (Lipinski definition) is 1. The van der Waals surface area contributed by atoms with Crippen LogP contribution < -0.4 is 0 Å². The van der Waals surface area contributed by atoms with Gasteiger partial charge < -0.3 is 5.11 Å².